The molecule has 0 amide bonds. The molecule has 16 heavy (non-hydrogen) atoms. The first kappa shape index (κ1) is 11.6. The van der Waals surface area contributed by atoms with Crippen LogP contribution in [-0.4, -0.2) is 13.1 Å². The number of hydrogen-bond donors (Lipinski definition) is 2. The molecule has 1 aliphatic rings. The van der Waals surface area contributed by atoms with E-state index in [0.717, 1.165) is 31.5 Å². The number of benzene rings is 1. The van der Waals surface area contributed by atoms with Crippen LogP contribution in [0.1, 0.15) is 24.8 Å². The summed E-state index contributed by atoms with van der Waals surface area (Å²) < 4.78 is 0. The lowest BCUT2D eigenvalue weighted by Gasteiger charge is -2.18. The highest BCUT2D eigenvalue weighted by Crippen LogP contribution is 2.30. The van der Waals surface area contributed by atoms with Crippen molar-refractivity contribution in [3.05, 3.63) is 35.9 Å². The third-order valence-corrected chi connectivity index (χ3v) is 3.70. The molecule has 0 heterocycles. The Bertz CT molecular complexity index is 297. The third-order valence-electron chi connectivity index (χ3n) is 3.70. The van der Waals surface area contributed by atoms with Gasteiger partial charge in [0.05, 0.1) is 0 Å². The molecule has 1 aromatic carbocycles. The maximum Gasteiger partial charge on any atom is 0.0205 e. The lowest BCUT2D eigenvalue weighted by Crippen LogP contribution is -2.28. The average molecular weight is 218 g/mol. The van der Waals surface area contributed by atoms with Crippen molar-refractivity contribution >= 4 is 0 Å². The van der Waals surface area contributed by atoms with E-state index in [9.17, 15) is 0 Å². The van der Waals surface area contributed by atoms with Gasteiger partial charge in [-0.05, 0) is 43.3 Å². The lowest BCUT2D eigenvalue weighted by atomic mass is 9.96. The van der Waals surface area contributed by atoms with E-state index in [1.165, 1.54) is 24.8 Å². The van der Waals surface area contributed by atoms with Gasteiger partial charge in [-0.15, -0.1) is 0 Å². The molecule has 0 aliphatic heterocycles. The van der Waals surface area contributed by atoms with Crippen molar-refractivity contribution in [1.29, 1.82) is 0 Å². The van der Waals surface area contributed by atoms with Crippen LogP contribution < -0.4 is 11.1 Å². The first-order valence-corrected chi connectivity index (χ1v) is 6.35. The van der Waals surface area contributed by atoms with Crippen molar-refractivity contribution in [1.82, 2.24) is 5.32 Å². The van der Waals surface area contributed by atoms with E-state index in [1.54, 1.807) is 0 Å². The standard InChI is InChI=1S/C14H22N2/c15-9-13-7-4-8-14(13)11-16-10-12-5-2-1-3-6-12/h1-3,5-6,13-14,16H,4,7-11,15H2. The van der Waals surface area contributed by atoms with Crippen LogP contribution in [0.25, 0.3) is 0 Å². The molecule has 2 rings (SSSR count). The van der Waals surface area contributed by atoms with Crippen molar-refractivity contribution in [3.63, 3.8) is 0 Å². The van der Waals surface area contributed by atoms with Gasteiger partial charge in [0, 0.05) is 6.54 Å². The van der Waals surface area contributed by atoms with Crippen LogP contribution in [0.5, 0.6) is 0 Å². The highest BCUT2D eigenvalue weighted by molar-refractivity contribution is 5.14. The molecule has 1 aromatic rings. The molecule has 3 N–H and O–H groups in total. The normalized spacial score (nSPS) is 24.8. The summed E-state index contributed by atoms with van der Waals surface area (Å²) in [6, 6.07) is 10.6. The van der Waals surface area contributed by atoms with Gasteiger partial charge in [0.15, 0.2) is 0 Å². The summed E-state index contributed by atoms with van der Waals surface area (Å²) in [6.07, 6.45) is 4.04. The molecule has 1 saturated carbocycles. The quantitative estimate of drug-likeness (QED) is 0.794. The fraction of sp³-hybridized carbons (Fsp3) is 0.571. The van der Waals surface area contributed by atoms with Gasteiger partial charge in [0.1, 0.15) is 0 Å². The van der Waals surface area contributed by atoms with Crippen LogP contribution in [0.3, 0.4) is 0 Å². The fourth-order valence-electron chi connectivity index (χ4n) is 2.69. The molecule has 1 fully saturated rings. The van der Waals surface area contributed by atoms with Crippen LogP contribution in [0, 0.1) is 11.8 Å². The van der Waals surface area contributed by atoms with E-state index in [0.29, 0.717) is 0 Å². The van der Waals surface area contributed by atoms with Crippen LogP contribution in [0.2, 0.25) is 0 Å². The number of rotatable bonds is 5. The Morgan fingerprint density at radius 1 is 1.12 bits per heavy atom. The molecule has 1 aliphatic carbocycles. The van der Waals surface area contributed by atoms with Crippen LogP contribution >= 0.6 is 0 Å². The Hall–Kier alpha value is -0.860. The van der Waals surface area contributed by atoms with Gasteiger partial charge in [0.2, 0.25) is 0 Å². The molecule has 0 bridgehead atoms. The molecular formula is C14H22N2. The average Bonchev–Trinajstić information content (AvgIpc) is 2.78. The van der Waals surface area contributed by atoms with Gasteiger partial charge in [-0.25, -0.2) is 0 Å². The smallest absolute Gasteiger partial charge is 0.0205 e. The summed E-state index contributed by atoms with van der Waals surface area (Å²) >= 11 is 0. The second-order valence-electron chi connectivity index (χ2n) is 4.80. The lowest BCUT2D eigenvalue weighted by molar-refractivity contribution is 0.374. The Balaban J connectivity index is 1.72. The van der Waals surface area contributed by atoms with Gasteiger partial charge < -0.3 is 11.1 Å². The Morgan fingerprint density at radius 3 is 2.62 bits per heavy atom. The number of nitrogens with one attached hydrogen (secondary N) is 1. The topological polar surface area (TPSA) is 38.0 Å². The molecule has 0 radical (unpaired) electrons. The second kappa shape index (κ2) is 6.02. The summed E-state index contributed by atoms with van der Waals surface area (Å²) in [6.45, 7) is 2.96. The van der Waals surface area contributed by atoms with Gasteiger partial charge in [0.25, 0.3) is 0 Å². The Kier molecular flexibility index (Phi) is 4.37. The minimum absolute atomic E-state index is 0.753. The second-order valence-corrected chi connectivity index (χ2v) is 4.80. The predicted octanol–water partition coefficient (Wildman–Crippen LogP) is 2.15. The number of hydrogen-bond acceptors (Lipinski definition) is 2. The van der Waals surface area contributed by atoms with E-state index in [4.69, 9.17) is 5.73 Å². The van der Waals surface area contributed by atoms with Crippen LogP contribution in [0.15, 0.2) is 30.3 Å². The summed E-state index contributed by atoms with van der Waals surface area (Å²) in [5.74, 6) is 1.55. The van der Waals surface area contributed by atoms with E-state index < -0.39 is 0 Å². The van der Waals surface area contributed by atoms with Gasteiger partial charge in [-0.1, -0.05) is 36.8 Å². The van der Waals surface area contributed by atoms with Crippen molar-refractivity contribution in [2.24, 2.45) is 17.6 Å². The summed E-state index contributed by atoms with van der Waals surface area (Å²) in [7, 11) is 0. The van der Waals surface area contributed by atoms with Crippen molar-refractivity contribution < 1.29 is 0 Å². The molecule has 0 aromatic heterocycles. The van der Waals surface area contributed by atoms with E-state index in [-0.39, 0.29) is 0 Å². The molecule has 2 atom stereocenters. The molecule has 88 valence electrons. The highest BCUT2D eigenvalue weighted by Gasteiger charge is 2.25. The largest absolute Gasteiger partial charge is 0.330 e. The van der Waals surface area contributed by atoms with Gasteiger partial charge in [-0.3, -0.25) is 0 Å². The SMILES string of the molecule is NCC1CCCC1CNCc1ccccc1. The summed E-state index contributed by atoms with van der Waals surface area (Å²) in [5.41, 5.74) is 7.14. The third kappa shape index (κ3) is 3.06. The monoisotopic (exact) mass is 218 g/mol. The predicted molar refractivity (Wildman–Crippen MR) is 68.0 cm³/mol. The summed E-state index contributed by atoms with van der Waals surface area (Å²) in [5, 5.41) is 3.55. The first-order valence-electron chi connectivity index (χ1n) is 6.35. The van der Waals surface area contributed by atoms with E-state index >= 15 is 0 Å². The molecule has 0 saturated heterocycles. The fourth-order valence-corrected chi connectivity index (χ4v) is 2.69. The zero-order valence-electron chi connectivity index (χ0n) is 9.86. The molecule has 2 unspecified atom stereocenters. The van der Waals surface area contributed by atoms with Crippen LogP contribution in [0.4, 0.5) is 0 Å². The molecule has 2 nitrogen and oxygen atoms in total. The van der Waals surface area contributed by atoms with E-state index in [1.807, 2.05) is 0 Å². The zero-order chi connectivity index (χ0) is 11.2. The molecule has 2 heteroatoms. The van der Waals surface area contributed by atoms with Crippen molar-refractivity contribution in [2.45, 2.75) is 25.8 Å². The zero-order valence-corrected chi connectivity index (χ0v) is 9.86. The molecule has 0 spiro atoms. The minimum atomic E-state index is 0.753. The van der Waals surface area contributed by atoms with Crippen molar-refractivity contribution in [3.8, 4) is 0 Å². The van der Waals surface area contributed by atoms with Crippen molar-refractivity contribution in [2.75, 3.05) is 13.1 Å². The van der Waals surface area contributed by atoms with Gasteiger partial charge in [-0.2, -0.15) is 0 Å². The summed E-state index contributed by atoms with van der Waals surface area (Å²) in [4.78, 5) is 0. The van der Waals surface area contributed by atoms with Gasteiger partial charge >= 0.3 is 0 Å². The minimum Gasteiger partial charge on any atom is -0.330 e. The van der Waals surface area contributed by atoms with Crippen LogP contribution in [-0.2, 0) is 6.54 Å². The van der Waals surface area contributed by atoms with E-state index in [2.05, 4.69) is 35.6 Å². The number of nitrogens with two attached hydrogens (primary N) is 1. The maximum absolute atomic E-state index is 5.78. The first-order chi connectivity index (χ1) is 7.90. The molecular weight excluding hydrogens is 196 g/mol. The Morgan fingerprint density at radius 2 is 1.88 bits per heavy atom. The highest BCUT2D eigenvalue weighted by atomic mass is 14.9. The Labute approximate surface area is 98.2 Å². The maximum atomic E-state index is 5.78.